The summed E-state index contributed by atoms with van der Waals surface area (Å²) in [7, 11) is 0.554. The molecule has 0 radical (unpaired) electrons. The van der Waals surface area contributed by atoms with Crippen LogP contribution in [0.2, 0.25) is 0 Å². The van der Waals surface area contributed by atoms with Gasteiger partial charge < -0.3 is 10.6 Å². The second kappa shape index (κ2) is 8.43. The lowest BCUT2D eigenvalue weighted by Crippen LogP contribution is -2.51. The molecule has 1 fully saturated rings. The van der Waals surface area contributed by atoms with Gasteiger partial charge in [0.15, 0.2) is 0 Å². The fraction of sp³-hybridized carbons (Fsp3) is 1.00. The van der Waals surface area contributed by atoms with Crippen LogP contribution in [0.3, 0.4) is 0 Å². The molecular formula is C14H32N4O2S. The molecule has 1 rings (SSSR count). The van der Waals surface area contributed by atoms with E-state index in [0.29, 0.717) is 44.6 Å². The first-order valence-electron chi connectivity index (χ1n) is 7.87. The topological polar surface area (TPSA) is 69.9 Å². The largest absolute Gasteiger partial charge is 0.330 e. The van der Waals surface area contributed by atoms with Gasteiger partial charge in [0.2, 0.25) is 0 Å². The molecule has 0 aromatic carbocycles. The zero-order valence-corrected chi connectivity index (χ0v) is 14.8. The number of nitrogens with zero attached hydrogens (tertiary/aromatic N) is 3. The molecule has 0 saturated carbocycles. The molecule has 0 bridgehead atoms. The first-order valence-corrected chi connectivity index (χ1v) is 9.27. The summed E-state index contributed by atoms with van der Waals surface area (Å²) >= 11 is 0. The number of hydrogen-bond acceptors (Lipinski definition) is 4. The van der Waals surface area contributed by atoms with Gasteiger partial charge in [0.1, 0.15) is 0 Å². The zero-order chi connectivity index (χ0) is 16.0. The van der Waals surface area contributed by atoms with Gasteiger partial charge in [-0.2, -0.15) is 17.0 Å². The second-order valence-electron chi connectivity index (χ2n) is 6.66. The number of hydrogen-bond donors (Lipinski definition) is 1. The van der Waals surface area contributed by atoms with E-state index in [9.17, 15) is 8.42 Å². The normalized spacial score (nSPS) is 21.6. The molecule has 1 atom stereocenters. The van der Waals surface area contributed by atoms with E-state index in [0.717, 1.165) is 19.4 Å². The molecule has 1 aliphatic rings. The summed E-state index contributed by atoms with van der Waals surface area (Å²) in [5, 5.41) is 0. The maximum atomic E-state index is 12.9. The van der Waals surface area contributed by atoms with E-state index < -0.39 is 10.2 Å². The standard InChI is InChI=1S/C14H32N4O2S/c1-13(2)11-18(9-8-16(3)4)21(19,20)17-7-5-6-14(10-15)12-17/h13-14H,5-12,15H2,1-4H3. The molecule has 0 spiro atoms. The van der Waals surface area contributed by atoms with Gasteiger partial charge in [-0.15, -0.1) is 0 Å². The number of likely N-dealkylation sites (N-methyl/N-ethyl adjacent to an activating group) is 1. The van der Waals surface area contributed by atoms with Gasteiger partial charge in [-0.1, -0.05) is 13.8 Å². The lowest BCUT2D eigenvalue weighted by molar-refractivity contribution is 0.238. The Hall–Kier alpha value is -0.210. The monoisotopic (exact) mass is 320 g/mol. The summed E-state index contributed by atoms with van der Waals surface area (Å²) in [6.45, 7) is 7.70. The summed E-state index contributed by atoms with van der Waals surface area (Å²) in [6, 6.07) is 0. The second-order valence-corrected chi connectivity index (χ2v) is 8.59. The van der Waals surface area contributed by atoms with E-state index >= 15 is 0 Å². The summed E-state index contributed by atoms with van der Waals surface area (Å²) in [4.78, 5) is 2.02. The predicted octanol–water partition coefficient (Wildman–Crippen LogP) is 0.422. The third kappa shape index (κ3) is 5.83. The molecule has 1 heterocycles. The first kappa shape index (κ1) is 18.8. The molecule has 6 nitrogen and oxygen atoms in total. The van der Waals surface area contributed by atoms with Crippen LogP contribution in [0.25, 0.3) is 0 Å². The van der Waals surface area contributed by atoms with Crippen molar-refractivity contribution in [2.75, 3.05) is 53.4 Å². The Morgan fingerprint density at radius 1 is 1.29 bits per heavy atom. The van der Waals surface area contributed by atoms with Crippen LogP contribution < -0.4 is 5.73 Å². The van der Waals surface area contributed by atoms with E-state index in [1.54, 1.807) is 8.61 Å². The van der Waals surface area contributed by atoms with Gasteiger partial charge in [-0.05, 0) is 45.3 Å². The molecule has 1 aliphatic heterocycles. The first-order chi connectivity index (χ1) is 9.77. The van der Waals surface area contributed by atoms with Gasteiger partial charge in [-0.25, -0.2) is 0 Å². The minimum Gasteiger partial charge on any atom is -0.330 e. The van der Waals surface area contributed by atoms with Crippen LogP contribution >= 0.6 is 0 Å². The van der Waals surface area contributed by atoms with Crippen molar-refractivity contribution in [1.82, 2.24) is 13.5 Å². The molecule has 2 N–H and O–H groups in total. The van der Waals surface area contributed by atoms with Crippen molar-refractivity contribution in [1.29, 1.82) is 0 Å². The van der Waals surface area contributed by atoms with E-state index in [2.05, 4.69) is 13.8 Å². The SMILES string of the molecule is CC(C)CN(CCN(C)C)S(=O)(=O)N1CCCC(CN)C1. The molecule has 21 heavy (non-hydrogen) atoms. The van der Waals surface area contributed by atoms with Crippen LogP contribution in [0.5, 0.6) is 0 Å². The van der Waals surface area contributed by atoms with Crippen molar-refractivity contribution in [3.8, 4) is 0 Å². The highest BCUT2D eigenvalue weighted by atomic mass is 32.2. The van der Waals surface area contributed by atoms with Gasteiger partial charge in [0.25, 0.3) is 10.2 Å². The van der Waals surface area contributed by atoms with Gasteiger partial charge in [-0.3, -0.25) is 0 Å². The summed E-state index contributed by atoms with van der Waals surface area (Å²) in [5.41, 5.74) is 5.72. The highest BCUT2D eigenvalue weighted by Crippen LogP contribution is 2.21. The molecule has 0 amide bonds. The third-order valence-electron chi connectivity index (χ3n) is 3.83. The average Bonchev–Trinajstić information content (AvgIpc) is 2.42. The zero-order valence-electron chi connectivity index (χ0n) is 14.0. The maximum absolute atomic E-state index is 12.9. The van der Waals surface area contributed by atoms with Crippen LogP contribution in [-0.4, -0.2) is 75.3 Å². The highest BCUT2D eigenvalue weighted by Gasteiger charge is 2.33. The van der Waals surface area contributed by atoms with Crippen molar-refractivity contribution >= 4 is 10.2 Å². The van der Waals surface area contributed by atoms with E-state index in [-0.39, 0.29) is 0 Å². The molecule has 7 heteroatoms. The van der Waals surface area contributed by atoms with Crippen LogP contribution in [-0.2, 0) is 10.2 Å². The minimum atomic E-state index is -3.37. The van der Waals surface area contributed by atoms with Crippen molar-refractivity contribution < 1.29 is 8.42 Å². The molecule has 0 aliphatic carbocycles. The number of piperidine rings is 1. The van der Waals surface area contributed by atoms with Crippen LogP contribution in [0, 0.1) is 11.8 Å². The van der Waals surface area contributed by atoms with Crippen LogP contribution in [0.15, 0.2) is 0 Å². The van der Waals surface area contributed by atoms with E-state index in [4.69, 9.17) is 5.73 Å². The van der Waals surface area contributed by atoms with E-state index in [1.165, 1.54) is 0 Å². The number of nitrogens with two attached hydrogens (primary N) is 1. The van der Waals surface area contributed by atoms with E-state index in [1.807, 2.05) is 19.0 Å². The van der Waals surface area contributed by atoms with Crippen molar-refractivity contribution in [3.63, 3.8) is 0 Å². The summed E-state index contributed by atoms with van der Waals surface area (Å²) < 4.78 is 29.0. The number of rotatable bonds is 8. The Labute approximate surface area is 130 Å². The lowest BCUT2D eigenvalue weighted by Gasteiger charge is -2.36. The van der Waals surface area contributed by atoms with Crippen LogP contribution in [0.1, 0.15) is 26.7 Å². The fourth-order valence-corrected chi connectivity index (χ4v) is 4.50. The molecule has 0 aromatic rings. The lowest BCUT2D eigenvalue weighted by atomic mass is 10.0. The maximum Gasteiger partial charge on any atom is 0.282 e. The summed E-state index contributed by atoms with van der Waals surface area (Å²) in [5.74, 6) is 0.611. The quantitative estimate of drug-likeness (QED) is 0.704. The summed E-state index contributed by atoms with van der Waals surface area (Å²) in [6.07, 6.45) is 1.94. The molecule has 1 unspecified atom stereocenters. The average molecular weight is 321 g/mol. The Balaban J connectivity index is 2.81. The molecule has 0 aromatic heterocycles. The Kier molecular flexibility index (Phi) is 7.56. The Morgan fingerprint density at radius 2 is 1.95 bits per heavy atom. The highest BCUT2D eigenvalue weighted by molar-refractivity contribution is 7.86. The van der Waals surface area contributed by atoms with Crippen molar-refractivity contribution in [2.24, 2.45) is 17.6 Å². The predicted molar refractivity (Wildman–Crippen MR) is 87.2 cm³/mol. The van der Waals surface area contributed by atoms with Crippen LogP contribution in [0.4, 0.5) is 0 Å². The van der Waals surface area contributed by atoms with Gasteiger partial charge in [0.05, 0.1) is 0 Å². The minimum absolute atomic E-state index is 0.295. The Bertz CT molecular complexity index is 398. The van der Waals surface area contributed by atoms with Gasteiger partial charge >= 0.3 is 0 Å². The van der Waals surface area contributed by atoms with Crippen molar-refractivity contribution in [2.45, 2.75) is 26.7 Å². The third-order valence-corrected chi connectivity index (χ3v) is 5.80. The fourth-order valence-electron chi connectivity index (χ4n) is 2.61. The van der Waals surface area contributed by atoms with Crippen molar-refractivity contribution in [3.05, 3.63) is 0 Å². The molecular weight excluding hydrogens is 288 g/mol. The Morgan fingerprint density at radius 3 is 2.48 bits per heavy atom. The smallest absolute Gasteiger partial charge is 0.282 e. The van der Waals surface area contributed by atoms with Gasteiger partial charge in [0, 0.05) is 32.7 Å². The molecule has 1 saturated heterocycles. The molecule has 126 valence electrons.